The number of rotatable bonds is 5. The van der Waals surface area contributed by atoms with Crippen molar-refractivity contribution in [2.24, 2.45) is 0 Å². The molecular formula is C19H18N2O3. The predicted octanol–water partition coefficient (Wildman–Crippen LogP) is 3.23. The van der Waals surface area contributed by atoms with Gasteiger partial charge in [0, 0.05) is 0 Å². The first kappa shape index (κ1) is 15.9. The van der Waals surface area contributed by atoms with Crippen LogP contribution in [0.2, 0.25) is 0 Å². The third-order valence-electron chi connectivity index (χ3n) is 3.72. The number of methoxy groups -OCH3 is 1. The molecule has 0 aliphatic rings. The van der Waals surface area contributed by atoms with Gasteiger partial charge in [0.1, 0.15) is 12.4 Å². The third-order valence-corrected chi connectivity index (χ3v) is 3.72. The minimum atomic E-state index is -0.297. The number of esters is 1. The molecule has 0 spiro atoms. The average Bonchev–Trinajstić information content (AvgIpc) is 2.60. The summed E-state index contributed by atoms with van der Waals surface area (Å²) < 4.78 is 10.4. The maximum Gasteiger partial charge on any atom is 0.310 e. The quantitative estimate of drug-likeness (QED) is 0.675. The van der Waals surface area contributed by atoms with E-state index in [1.807, 2.05) is 55.5 Å². The molecular weight excluding hydrogens is 304 g/mol. The highest BCUT2D eigenvalue weighted by Crippen LogP contribution is 2.14. The van der Waals surface area contributed by atoms with Crippen molar-refractivity contribution >= 4 is 17.0 Å². The Morgan fingerprint density at radius 2 is 1.67 bits per heavy atom. The molecule has 0 unspecified atom stereocenters. The molecule has 0 saturated carbocycles. The first-order chi connectivity index (χ1) is 11.7. The summed E-state index contributed by atoms with van der Waals surface area (Å²) in [4.78, 5) is 21.0. The molecule has 0 aliphatic carbocycles. The summed E-state index contributed by atoms with van der Waals surface area (Å²) in [5.74, 6) is 0.462. The molecule has 0 aliphatic heterocycles. The molecule has 0 N–H and O–H groups in total. The van der Waals surface area contributed by atoms with E-state index < -0.39 is 0 Å². The van der Waals surface area contributed by atoms with E-state index in [1.54, 1.807) is 7.11 Å². The van der Waals surface area contributed by atoms with Crippen LogP contribution >= 0.6 is 0 Å². The van der Waals surface area contributed by atoms with Crippen molar-refractivity contribution in [3.05, 3.63) is 65.5 Å². The summed E-state index contributed by atoms with van der Waals surface area (Å²) in [6.45, 7) is 1.99. The molecule has 0 atom stereocenters. The Hall–Kier alpha value is -2.95. The summed E-state index contributed by atoms with van der Waals surface area (Å²) in [6, 6.07) is 15.0. The Labute approximate surface area is 140 Å². The Morgan fingerprint density at radius 3 is 2.33 bits per heavy atom. The molecule has 5 nitrogen and oxygen atoms in total. The minimum Gasteiger partial charge on any atom is -0.497 e. The van der Waals surface area contributed by atoms with Gasteiger partial charge in [0.05, 0.1) is 36.0 Å². The highest BCUT2D eigenvalue weighted by molar-refractivity contribution is 5.74. The van der Waals surface area contributed by atoms with Gasteiger partial charge in [0.25, 0.3) is 0 Å². The van der Waals surface area contributed by atoms with Crippen LogP contribution in [-0.2, 0) is 22.6 Å². The van der Waals surface area contributed by atoms with E-state index in [2.05, 4.69) is 9.97 Å². The number of carbonyl (C=O) groups excluding carboxylic acids is 1. The maximum absolute atomic E-state index is 12.0. The molecule has 24 heavy (non-hydrogen) atoms. The van der Waals surface area contributed by atoms with Crippen molar-refractivity contribution in [3.8, 4) is 5.75 Å². The molecule has 3 aromatic rings. The van der Waals surface area contributed by atoms with Crippen LogP contribution in [0.25, 0.3) is 11.0 Å². The van der Waals surface area contributed by atoms with Crippen molar-refractivity contribution < 1.29 is 14.3 Å². The van der Waals surface area contributed by atoms with Crippen LogP contribution in [0.3, 0.4) is 0 Å². The number of hydrogen-bond donors (Lipinski definition) is 0. The van der Waals surface area contributed by atoms with Crippen LogP contribution in [0.15, 0.2) is 48.5 Å². The van der Waals surface area contributed by atoms with Crippen molar-refractivity contribution in [1.29, 1.82) is 0 Å². The molecule has 0 saturated heterocycles. The normalized spacial score (nSPS) is 10.6. The molecule has 2 aromatic carbocycles. The lowest BCUT2D eigenvalue weighted by Crippen LogP contribution is -2.10. The minimum absolute atomic E-state index is 0.124. The fourth-order valence-electron chi connectivity index (χ4n) is 2.37. The fraction of sp³-hybridized carbons (Fsp3) is 0.211. The van der Waals surface area contributed by atoms with Crippen molar-refractivity contribution in [2.75, 3.05) is 7.11 Å². The van der Waals surface area contributed by atoms with Crippen molar-refractivity contribution in [3.63, 3.8) is 0 Å². The second kappa shape index (κ2) is 7.08. The van der Waals surface area contributed by atoms with E-state index in [0.29, 0.717) is 5.69 Å². The molecule has 0 fully saturated rings. The van der Waals surface area contributed by atoms with Gasteiger partial charge in [-0.15, -0.1) is 0 Å². The lowest BCUT2D eigenvalue weighted by atomic mass is 10.1. The molecule has 122 valence electrons. The molecule has 1 heterocycles. The molecule has 3 rings (SSSR count). The number of hydrogen-bond acceptors (Lipinski definition) is 5. The van der Waals surface area contributed by atoms with E-state index in [1.165, 1.54) is 0 Å². The topological polar surface area (TPSA) is 61.3 Å². The number of ether oxygens (including phenoxy) is 2. The second-order valence-corrected chi connectivity index (χ2v) is 5.43. The Balaban J connectivity index is 1.64. The lowest BCUT2D eigenvalue weighted by molar-refractivity contribution is -0.144. The summed E-state index contributed by atoms with van der Waals surface area (Å²) in [7, 11) is 1.61. The number of fused-ring (bicyclic) bond motifs is 1. The van der Waals surface area contributed by atoms with Crippen LogP contribution in [0.1, 0.15) is 17.0 Å². The fourth-order valence-corrected chi connectivity index (χ4v) is 2.37. The Kier molecular flexibility index (Phi) is 4.70. The molecule has 0 radical (unpaired) electrons. The largest absolute Gasteiger partial charge is 0.497 e. The van der Waals surface area contributed by atoms with Gasteiger partial charge in [0.15, 0.2) is 0 Å². The van der Waals surface area contributed by atoms with E-state index in [9.17, 15) is 4.79 Å². The maximum atomic E-state index is 12.0. The highest BCUT2D eigenvalue weighted by Gasteiger charge is 2.09. The first-order valence-electron chi connectivity index (χ1n) is 7.66. The van der Waals surface area contributed by atoms with E-state index in [0.717, 1.165) is 28.0 Å². The van der Waals surface area contributed by atoms with Gasteiger partial charge in [-0.25, -0.2) is 9.97 Å². The lowest BCUT2D eigenvalue weighted by Gasteiger charge is -2.08. The second-order valence-electron chi connectivity index (χ2n) is 5.43. The molecule has 5 heteroatoms. The van der Waals surface area contributed by atoms with Crippen molar-refractivity contribution in [1.82, 2.24) is 9.97 Å². The van der Waals surface area contributed by atoms with Gasteiger partial charge in [0.2, 0.25) is 0 Å². The summed E-state index contributed by atoms with van der Waals surface area (Å²) in [5, 5.41) is 0. The van der Waals surface area contributed by atoms with Gasteiger partial charge in [-0.3, -0.25) is 4.79 Å². The monoisotopic (exact) mass is 322 g/mol. The summed E-state index contributed by atoms with van der Waals surface area (Å²) in [5.41, 5.74) is 3.96. The van der Waals surface area contributed by atoms with Crippen LogP contribution in [-0.4, -0.2) is 23.0 Å². The molecule has 0 amide bonds. The zero-order valence-corrected chi connectivity index (χ0v) is 13.7. The van der Waals surface area contributed by atoms with E-state index in [-0.39, 0.29) is 19.0 Å². The standard InChI is InChI=1S/C19H18N2O3/c1-13-18(21-17-6-4-3-5-16(17)20-13)12-24-19(22)11-14-7-9-15(23-2)10-8-14/h3-10H,11-12H2,1-2H3. The number of aromatic nitrogens is 2. The number of para-hydroxylation sites is 2. The molecule has 1 aromatic heterocycles. The van der Waals surface area contributed by atoms with Crippen LogP contribution < -0.4 is 4.74 Å². The van der Waals surface area contributed by atoms with Crippen molar-refractivity contribution in [2.45, 2.75) is 20.0 Å². The number of carbonyl (C=O) groups is 1. The zero-order chi connectivity index (χ0) is 16.9. The van der Waals surface area contributed by atoms with Gasteiger partial charge in [-0.1, -0.05) is 24.3 Å². The predicted molar refractivity (Wildman–Crippen MR) is 90.8 cm³/mol. The first-order valence-corrected chi connectivity index (χ1v) is 7.66. The third kappa shape index (κ3) is 3.68. The van der Waals surface area contributed by atoms with E-state index in [4.69, 9.17) is 9.47 Å². The van der Waals surface area contributed by atoms with Gasteiger partial charge in [-0.2, -0.15) is 0 Å². The number of benzene rings is 2. The Morgan fingerprint density at radius 1 is 1.00 bits per heavy atom. The Bertz CT molecular complexity index is 860. The average molecular weight is 322 g/mol. The number of nitrogens with zero attached hydrogens (tertiary/aromatic N) is 2. The van der Waals surface area contributed by atoms with Crippen LogP contribution in [0.5, 0.6) is 5.75 Å². The van der Waals surface area contributed by atoms with Crippen LogP contribution in [0.4, 0.5) is 0 Å². The molecule has 0 bridgehead atoms. The van der Waals surface area contributed by atoms with Gasteiger partial charge < -0.3 is 9.47 Å². The summed E-state index contributed by atoms with van der Waals surface area (Å²) in [6.07, 6.45) is 0.212. The SMILES string of the molecule is COc1ccc(CC(=O)OCc2nc3ccccc3nc2C)cc1. The van der Waals surface area contributed by atoms with Crippen LogP contribution in [0, 0.1) is 6.92 Å². The van der Waals surface area contributed by atoms with E-state index >= 15 is 0 Å². The highest BCUT2D eigenvalue weighted by atomic mass is 16.5. The van der Waals surface area contributed by atoms with Gasteiger partial charge in [-0.05, 0) is 36.8 Å². The summed E-state index contributed by atoms with van der Waals surface area (Å²) >= 11 is 0. The smallest absolute Gasteiger partial charge is 0.310 e. The van der Waals surface area contributed by atoms with Gasteiger partial charge >= 0.3 is 5.97 Å². The zero-order valence-electron chi connectivity index (χ0n) is 13.7. The number of aryl methyl sites for hydroxylation is 1.